The predicted molar refractivity (Wildman–Crippen MR) is 245 cm³/mol. The van der Waals surface area contributed by atoms with Crippen LogP contribution in [0.5, 0.6) is 0 Å². The summed E-state index contributed by atoms with van der Waals surface area (Å²) in [7, 11) is 0. The van der Waals surface area contributed by atoms with Gasteiger partial charge in [-0.15, -0.1) is 0 Å². The Kier molecular flexibility index (Phi) is 8.19. The third kappa shape index (κ3) is 6.09. The molecule has 0 atom stereocenters. The van der Waals surface area contributed by atoms with Crippen molar-refractivity contribution in [3.05, 3.63) is 224 Å². The Morgan fingerprint density at radius 3 is 1.31 bits per heavy atom. The fourth-order valence-corrected chi connectivity index (χ4v) is 8.45. The van der Waals surface area contributed by atoms with Gasteiger partial charge in [0, 0.05) is 27.8 Å². The molecule has 58 heavy (non-hydrogen) atoms. The summed E-state index contributed by atoms with van der Waals surface area (Å²) in [5.41, 5.74) is 14.6. The lowest BCUT2D eigenvalue weighted by Crippen LogP contribution is -2.09. The first kappa shape index (κ1) is 33.6. The molecule has 1 heterocycles. The Labute approximate surface area is 337 Å². The molecule has 0 saturated carbocycles. The van der Waals surface area contributed by atoms with Gasteiger partial charge in [0.25, 0.3) is 0 Å². The molecule has 2 heteroatoms. The molecule has 1 aromatic heterocycles. The first-order valence-electron chi connectivity index (χ1n) is 19.8. The van der Waals surface area contributed by atoms with Crippen molar-refractivity contribution in [2.75, 3.05) is 4.90 Å². The Balaban J connectivity index is 0.965. The molecule has 0 radical (unpaired) electrons. The molecule has 272 valence electrons. The topological polar surface area (TPSA) is 16.4 Å². The minimum absolute atomic E-state index is 0.907. The van der Waals surface area contributed by atoms with Crippen molar-refractivity contribution in [2.24, 2.45) is 0 Å². The Bertz CT molecular complexity index is 3160. The highest BCUT2D eigenvalue weighted by molar-refractivity contribution is 6.19. The molecule has 2 nitrogen and oxygen atoms in total. The molecule has 0 amide bonds. The summed E-state index contributed by atoms with van der Waals surface area (Å²) in [5, 5.41) is 7.08. The van der Waals surface area contributed by atoms with Crippen LogP contribution in [0.3, 0.4) is 0 Å². The lowest BCUT2D eigenvalue weighted by Gasteiger charge is -2.26. The second-order valence-corrected chi connectivity index (χ2v) is 15.0. The predicted octanol–water partition coefficient (Wildman–Crippen LogP) is 16.0. The number of nitrogens with zero attached hydrogens (tertiary/aromatic N) is 1. The molecule has 0 saturated heterocycles. The van der Waals surface area contributed by atoms with Gasteiger partial charge in [-0.2, -0.15) is 0 Å². The van der Waals surface area contributed by atoms with E-state index >= 15 is 0 Å². The minimum atomic E-state index is 0.907. The molecular weight excluding hydrogens is 703 g/mol. The van der Waals surface area contributed by atoms with E-state index in [1.807, 2.05) is 6.07 Å². The third-order valence-electron chi connectivity index (χ3n) is 11.4. The SMILES string of the molecule is c1ccc(-c2ccc(N(c3ccc(-c4ccccc4)cc3)c3ccc4cc(-c5ccc6ccc7oc8cc(-c9ccccc9)ccc8c7c6c5)ccc4c3)cc2)cc1. The van der Waals surface area contributed by atoms with Crippen molar-refractivity contribution < 1.29 is 4.42 Å². The van der Waals surface area contributed by atoms with E-state index in [1.165, 1.54) is 60.5 Å². The van der Waals surface area contributed by atoms with Crippen molar-refractivity contribution in [2.45, 2.75) is 0 Å². The quantitative estimate of drug-likeness (QED) is 0.162. The average Bonchev–Trinajstić information content (AvgIpc) is 3.69. The highest BCUT2D eigenvalue weighted by atomic mass is 16.3. The van der Waals surface area contributed by atoms with Crippen LogP contribution < -0.4 is 4.90 Å². The van der Waals surface area contributed by atoms with Crippen molar-refractivity contribution in [1.29, 1.82) is 0 Å². The highest BCUT2D eigenvalue weighted by Crippen LogP contribution is 2.41. The van der Waals surface area contributed by atoms with Crippen LogP contribution in [0.15, 0.2) is 229 Å². The van der Waals surface area contributed by atoms with Gasteiger partial charge in [-0.25, -0.2) is 0 Å². The minimum Gasteiger partial charge on any atom is -0.456 e. The average molecular weight is 740 g/mol. The van der Waals surface area contributed by atoms with E-state index in [1.54, 1.807) is 0 Å². The van der Waals surface area contributed by atoms with E-state index in [-0.39, 0.29) is 0 Å². The maximum Gasteiger partial charge on any atom is 0.136 e. The normalized spacial score (nSPS) is 11.4. The van der Waals surface area contributed by atoms with Crippen molar-refractivity contribution in [3.63, 3.8) is 0 Å². The van der Waals surface area contributed by atoms with Crippen molar-refractivity contribution >= 4 is 60.5 Å². The summed E-state index contributed by atoms with van der Waals surface area (Å²) in [6.07, 6.45) is 0. The van der Waals surface area contributed by atoms with Gasteiger partial charge in [-0.05, 0) is 133 Å². The second-order valence-electron chi connectivity index (χ2n) is 15.0. The molecule has 10 aromatic carbocycles. The lowest BCUT2D eigenvalue weighted by atomic mass is 9.96. The van der Waals surface area contributed by atoms with E-state index in [2.05, 4.69) is 223 Å². The zero-order valence-electron chi connectivity index (χ0n) is 31.7. The molecule has 0 bridgehead atoms. The van der Waals surface area contributed by atoms with Gasteiger partial charge < -0.3 is 9.32 Å². The van der Waals surface area contributed by atoms with Crippen LogP contribution in [0.2, 0.25) is 0 Å². The maximum absolute atomic E-state index is 6.47. The zero-order valence-corrected chi connectivity index (χ0v) is 31.7. The number of benzene rings is 10. The second kappa shape index (κ2) is 14.1. The zero-order chi connectivity index (χ0) is 38.4. The van der Waals surface area contributed by atoms with Crippen molar-refractivity contribution in [3.8, 4) is 44.5 Å². The van der Waals surface area contributed by atoms with Crippen LogP contribution in [0.4, 0.5) is 17.1 Å². The Morgan fingerprint density at radius 2 is 0.690 bits per heavy atom. The number of hydrogen-bond acceptors (Lipinski definition) is 2. The highest BCUT2D eigenvalue weighted by Gasteiger charge is 2.16. The number of hydrogen-bond donors (Lipinski definition) is 0. The summed E-state index contributed by atoms with van der Waals surface area (Å²) in [5.74, 6) is 0. The van der Waals surface area contributed by atoms with E-state index in [4.69, 9.17) is 4.42 Å². The molecule has 11 aromatic rings. The number of rotatable bonds is 7. The summed E-state index contributed by atoms with van der Waals surface area (Å²) >= 11 is 0. The molecular formula is C56H37NO. The molecule has 0 spiro atoms. The van der Waals surface area contributed by atoms with Gasteiger partial charge in [-0.1, -0.05) is 158 Å². The summed E-state index contributed by atoms with van der Waals surface area (Å²) in [4.78, 5) is 2.35. The fourth-order valence-electron chi connectivity index (χ4n) is 8.45. The molecule has 0 aliphatic carbocycles. The van der Waals surface area contributed by atoms with Gasteiger partial charge >= 0.3 is 0 Å². The van der Waals surface area contributed by atoms with E-state index < -0.39 is 0 Å². The summed E-state index contributed by atoms with van der Waals surface area (Å²) < 4.78 is 6.47. The van der Waals surface area contributed by atoms with Gasteiger partial charge in [0.05, 0.1) is 0 Å². The molecule has 0 fully saturated rings. The summed E-state index contributed by atoms with van der Waals surface area (Å²) in [6, 6.07) is 80.6. The first-order valence-corrected chi connectivity index (χ1v) is 19.8. The number of fused-ring (bicyclic) bond motifs is 6. The smallest absolute Gasteiger partial charge is 0.136 e. The maximum atomic E-state index is 6.47. The van der Waals surface area contributed by atoms with Crippen LogP contribution in [0.1, 0.15) is 0 Å². The molecule has 0 unspecified atom stereocenters. The van der Waals surface area contributed by atoms with Crippen LogP contribution in [-0.2, 0) is 0 Å². The fraction of sp³-hybridized carbons (Fsp3) is 0. The van der Waals surface area contributed by atoms with Gasteiger partial charge in [0.1, 0.15) is 11.2 Å². The molecule has 0 N–H and O–H groups in total. The Hall–Kier alpha value is -7.68. The number of anilines is 3. The van der Waals surface area contributed by atoms with Crippen LogP contribution in [0.25, 0.3) is 88.0 Å². The Morgan fingerprint density at radius 1 is 0.259 bits per heavy atom. The van der Waals surface area contributed by atoms with E-state index in [9.17, 15) is 0 Å². The largest absolute Gasteiger partial charge is 0.456 e. The lowest BCUT2D eigenvalue weighted by molar-refractivity contribution is 0.669. The third-order valence-corrected chi connectivity index (χ3v) is 11.4. The molecule has 0 aliphatic rings. The van der Waals surface area contributed by atoms with Gasteiger partial charge in [-0.3, -0.25) is 0 Å². The summed E-state index contributed by atoms with van der Waals surface area (Å²) in [6.45, 7) is 0. The standard InChI is InChI=1S/C56H37NO/c1-4-10-38(11-5-1)41-20-27-49(28-21-41)57(50-29-22-42(23-30-50)39-12-6-2-7-13-39)51-31-24-45-34-44(18-19-46(45)35-51)47-17-16-43-26-33-54-56(53(43)36-47)52-32-25-48(37-55(52)58-54)40-14-8-3-9-15-40/h1-37H. The van der Waals surface area contributed by atoms with E-state index in [0.29, 0.717) is 0 Å². The molecule has 0 aliphatic heterocycles. The van der Waals surface area contributed by atoms with E-state index in [0.717, 1.165) is 44.6 Å². The van der Waals surface area contributed by atoms with Gasteiger partial charge in [0.15, 0.2) is 0 Å². The van der Waals surface area contributed by atoms with Crippen LogP contribution in [-0.4, -0.2) is 0 Å². The van der Waals surface area contributed by atoms with Gasteiger partial charge in [0.2, 0.25) is 0 Å². The van der Waals surface area contributed by atoms with Crippen LogP contribution >= 0.6 is 0 Å². The molecule has 11 rings (SSSR count). The first-order chi connectivity index (χ1) is 28.7. The number of furan rings is 1. The monoisotopic (exact) mass is 739 g/mol. The van der Waals surface area contributed by atoms with Crippen LogP contribution in [0, 0.1) is 0 Å². The van der Waals surface area contributed by atoms with Crippen molar-refractivity contribution in [1.82, 2.24) is 0 Å².